The fraction of sp³-hybridized carbons (Fsp3) is 0.552. The quantitative estimate of drug-likeness (QED) is 0.427. The minimum Gasteiger partial charge on any atom is -0.481 e. The molecule has 1 saturated heterocycles. The number of carbonyl (C=O) groups excluding carboxylic acids is 1. The zero-order valence-corrected chi connectivity index (χ0v) is 24.1. The van der Waals surface area contributed by atoms with Crippen LogP contribution in [0, 0.1) is 11.8 Å². The number of ether oxygens (including phenoxy) is 2. The van der Waals surface area contributed by atoms with Crippen LogP contribution in [-0.2, 0) is 20.9 Å². The number of carboxylic acids is 1. The molecule has 2 aromatic rings. The second-order valence-corrected chi connectivity index (χ2v) is 11.7. The molecule has 2 heterocycles. The number of halogens is 1. The number of rotatable bonds is 9. The number of nitrogens with zero attached hydrogens (tertiary/aromatic N) is 2. The Morgan fingerprint density at radius 1 is 1.16 bits per heavy atom. The Kier molecular flexibility index (Phi) is 9.11. The SMILES string of the molecule is COc1ncc(Br)cc1CN[C@H]1[C@H](C(C)(C)OC)[C@@H](C(=O)O)N(C(=O)C2CCCCC2)[C@H]1c1ccccc1. The summed E-state index contributed by atoms with van der Waals surface area (Å²) >= 11 is 3.49. The van der Waals surface area contributed by atoms with Crippen LogP contribution < -0.4 is 10.1 Å². The lowest BCUT2D eigenvalue weighted by Crippen LogP contribution is -2.53. The van der Waals surface area contributed by atoms with Crippen LogP contribution in [-0.4, -0.2) is 58.8 Å². The van der Waals surface area contributed by atoms with E-state index in [1.165, 1.54) is 0 Å². The first-order valence-corrected chi connectivity index (χ1v) is 14.1. The Hall–Kier alpha value is -2.49. The zero-order chi connectivity index (χ0) is 27.4. The molecule has 1 aliphatic carbocycles. The average Bonchev–Trinajstić information content (AvgIpc) is 3.29. The van der Waals surface area contributed by atoms with Crippen molar-refractivity contribution < 1.29 is 24.2 Å². The molecule has 0 unspecified atom stereocenters. The fourth-order valence-corrected chi connectivity index (χ4v) is 6.61. The van der Waals surface area contributed by atoms with Crippen LogP contribution in [0.4, 0.5) is 0 Å². The lowest BCUT2D eigenvalue weighted by Gasteiger charge is -2.37. The number of carbonyl (C=O) groups is 2. The largest absolute Gasteiger partial charge is 0.481 e. The predicted octanol–water partition coefficient (Wildman–Crippen LogP) is 4.97. The van der Waals surface area contributed by atoms with Gasteiger partial charge in [-0.15, -0.1) is 0 Å². The average molecular weight is 589 g/mol. The molecule has 2 N–H and O–H groups in total. The Morgan fingerprint density at radius 2 is 1.84 bits per heavy atom. The molecule has 0 radical (unpaired) electrons. The van der Waals surface area contributed by atoms with Gasteiger partial charge in [0.2, 0.25) is 11.8 Å². The molecule has 0 bridgehead atoms. The van der Waals surface area contributed by atoms with Gasteiger partial charge < -0.3 is 24.8 Å². The van der Waals surface area contributed by atoms with Gasteiger partial charge in [-0.05, 0) is 54.2 Å². The second-order valence-electron chi connectivity index (χ2n) is 10.8. The van der Waals surface area contributed by atoms with Crippen LogP contribution in [0.25, 0.3) is 0 Å². The zero-order valence-electron chi connectivity index (χ0n) is 22.5. The van der Waals surface area contributed by atoms with Crippen molar-refractivity contribution in [1.82, 2.24) is 15.2 Å². The normalized spacial score (nSPS) is 24.4. The molecule has 4 rings (SSSR count). The monoisotopic (exact) mass is 587 g/mol. The molecule has 1 aliphatic heterocycles. The number of amides is 1. The van der Waals surface area contributed by atoms with E-state index in [2.05, 4.69) is 26.2 Å². The molecule has 1 saturated carbocycles. The first kappa shape index (κ1) is 28.5. The molecular formula is C29H38BrN3O5. The highest BCUT2D eigenvalue weighted by Gasteiger charge is 2.59. The highest BCUT2D eigenvalue weighted by molar-refractivity contribution is 9.10. The van der Waals surface area contributed by atoms with Gasteiger partial charge in [0.1, 0.15) is 6.04 Å². The molecule has 0 spiro atoms. The van der Waals surface area contributed by atoms with Crippen molar-refractivity contribution >= 4 is 27.8 Å². The standard InChI is InChI=1S/C29H38BrN3O5/c1-29(2,38-4)22-23(31-16-20-15-21(30)17-32-26(20)37-3)24(18-11-7-5-8-12-18)33(25(22)28(35)36)27(34)19-13-9-6-10-14-19/h5,7-8,11-12,15,17,19,22-25,31H,6,9-10,13-14,16H2,1-4H3,(H,35,36)/t22-,23-,24-,25-/m0/s1. The molecule has 8 nitrogen and oxygen atoms in total. The first-order valence-electron chi connectivity index (χ1n) is 13.3. The lowest BCUT2D eigenvalue weighted by molar-refractivity contribution is -0.156. The molecule has 38 heavy (non-hydrogen) atoms. The van der Waals surface area contributed by atoms with Crippen molar-refractivity contribution in [3.05, 3.63) is 58.2 Å². The third-order valence-electron chi connectivity index (χ3n) is 8.21. The van der Waals surface area contributed by atoms with Crippen LogP contribution in [0.3, 0.4) is 0 Å². The summed E-state index contributed by atoms with van der Waals surface area (Å²) in [6, 6.07) is 9.72. The number of hydrogen-bond donors (Lipinski definition) is 2. The Balaban J connectivity index is 1.83. The van der Waals surface area contributed by atoms with Gasteiger partial charge >= 0.3 is 5.97 Å². The van der Waals surface area contributed by atoms with E-state index in [-0.39, 0.29) is 11.8 Å². The Morgan fingerprint density at radius 3 is 2.45 bits per heavy atom. The van der Waals surface area contributed by atoms with E-state index in [9.17, 15) is 14.7 Å². The van der Waals surface area contributed by atoms with Crippen LogP contribution in [0.15, 0.2) is 47.1 Å². The summed E-state index contributed by atoms with van der Waals surface area (Å²) in [6.07, 6.45) is 6.35. The number of aromatic nitrogens is 1. The van der Waals surface area contributed by atoms with Gasteiger partial charge in [-0.3, -0.25) is 4.79 Å². The van der Waals surface area contributed by atoms with Gasteiger partial charge in [0.25, 0.3) is 0 Å². The summed E-state index contributed by atoms with van der Waals surface area (Å²) < 4.78 is 12.2. The van der Waals surface area contributed by atoms with E-state index in [1.807, 2.05) is 50.2 Å². The highest BCUT2D eigenvalue weighted by Crippen LogP contribution is 2.47. The molecule has 2 fully saturated rings. The Bertz CT molecular complexity index is 1120. The lowest BCUT2D eigenvalue weighted by atomic mass is 9.79. The maximum absolute atomic E-state index is 14.2. The minimum atomic E-state index is -1.05. The van der Waals surface area contributed by atoms with Crippen molar-refractivity contribution in [2.45, 2.75) is 76.2 Å². The smallest absolute Gasteiger partial charge is 0.326 e. The van der Waals surface area contributed by atoms with Gasteiger partial charge in [0, 0.05) is 47.8 Å². The summed E-state index contributed by atoms with van der Waals surface area (Å²) in [5, 5.41) is 14.3. The van der Waals surface area contributed by atoms with Crippen LogP contribution >= 0.6 is 15.9 Å². The van der Waals surface area contributed by atoms with Gasteiger partial charge in [-0.2, -0.15) is 0 Å². The van der Waals surface area contributed by atoms with E-state index in [1.54, 1.807) is 25.3 Å². The third-order valence-corrected chi connectivity index (χ3v) is 8.65. The van der Waals surface area contributed by atoms with Crippen molar-refractivity contribution in [3.8, 4) is 5.88 Å². The molecule has 1 aromatic heterocycles. The molecule has 2 aliphatic rings. The molecule has 4 atom stereocenters. The number of carboxylic acid groups (broad SMARTS) is 1. The van der Waals surface area contributed by atoms with Gasteiger partial charge in [0.05, 0.1) is 18.8 Å². The van der Waals surface area contributed by atoms with Gasteiger partial charge in [-0.1, -0.05) is 49.6 Å². The highest BCUT2D eigenvalue weighted by atomic mass is 79.9. The predicted molar refractivity (Wildman–Crippen MR) is 148 cm³/mol. The van der Waals surface area contributed by atoms with E-state index in [0.29, 0.717) is 12.4 Å². The molecule has 206 valence electrons. The summed E-state index contributed by atoms with van der Waals surface area (Å²) in [5.74, 6) is -1.31. The molecule has 1 aromatic carbocycles. The van der Waals surface area contributed by atoms with E-state index < -0.39 is 35.6 Å². The van der Waals surface area contributed by atoms with Crippen molar-refractivity contribution in [3.63, 3.8) is 0 Å². The van der Waals surface area contributed by atoms with Gasteiger partial charge in [0.15, 0.2) is 0 Å². The first-order chi connectivity index (χ1) is 18.2. The van der Waals surface area contributed by atoms with Crippen molar-refractivity contribution in [2.75, 3.05) is 14.2 Å². The third kappa shape index (κ3) is 5.75. The maximum Gasteiger partial charge on any atom is 0.326 e. The van der Waals surface area contributed by atoms with E-state index >= 15 is 0 Å². The summed E-state index contributed by atoms with van der Waals surface area (Å²) in [7, 11) is 3.17. The number of likely N-dealkylation sites (tertiary alicyclic amines) is 1. The topological polar surface area (TPSA) is 101 Å². The number of aliphatic carboxylic acids is 1. The van der Waals surface area contributed by atoms with Crippen molar-refractivity contribution in [1.29, 1.82) is 0 Å². The van der Waals surface area contributed by atoms with Crippen molar-refractivity contribution in [2.24, 2.45) is 11.8 Å². The number of nitrogens with one attached hydrogen (secondary N) is 1. The number of pyridine rings is 1. The number of methoxy groups -OCH3 is 2. The van der Waals surface area contributed by atoms with E-state index in [4.69, 9.17) is 9.47 Å². The Labute approximate surface area is 233 Å². The fourth-order valence-electron chi connectivity index (χ4n) is 6.23. The number of hydrogen-bond acceptors (Lipinski definition) is 6. The van der Waals surface area contributed by atoms with Crippen LogP contribution in [0.5, 0.6) is 5.88 Å². The summed E-state index contributed by atoms with van der Waals surface area (Å²) in [6.45, 7) is 4.18. The summed E-state index contributed by atoms with van der Waals surface area (Å²) in [5.41, 5.74) is 0.885. The van der Waals surface area contributed by atoms with Crippen LogP contribution in [0.2, 0.25) is 0 Å². The second kappa shape index (κ2) is 12.1. The molecular weight excluding hydrogens is 550 g/mol. The molecule has 1 amide bonds. The maximum atomic E-state index is 14.2. The molecule has 9 heteroatoms. The summed E-state index contributed by atoms with van der Waals surface area (Å²) in [4.78, 5) is 33.2. The van der Waals surface area contributed by atoms with E-state index in [0.717, 1.165) is 47.7 Å². The minimum absolute atomic E-state index is 0.0751. The van der Waals surface area contributed by atoms with Gasteiger partial charge in [-0.25, -0.2) is 9.78 Å². The van der Waals surface area contributed by atoms with Crippen LogP contribution in [0.1, 0.15) is 63.1 Å². The number of benzene rings is 1.